The van der Waals surface area contributed by atoms with Gasteiger partial charge >= 0.3 is 11.8 Å². The van der Waals surface area contributed by atoms with Crippen molar-refractivity contribution in [3.05, 3.63) is 60.2 Å². The van der Waals surface area contributed by atoms with E-state index in [0.29, 0.717) is 12.3 Å². The Hall–Kier alpha value is -3.02. The molecular weight excluding hydrogens is 344 g/mol. The SMILES string of the molecule is COc1ccc(OCCNC(=O)C(=O)N(Cc2ccccc2)C(C)C)cc1. The number of methoxy groups -OCH3 is 1. The zero-order valence-electron chi connectivity index (χ0n) is 16.0. The van der Waals surface area contributed by atoms with Gasteiger partial charge in [-0.3, -0.25) is 9.59 Å². The Labute approximate surface area is 160 Å². The number of amides is 2. The fourth-order valence-corrected chi connectivity index (χ4v) is 2.48. The summed E-state index contributed by atoms with van der Waals surface area (Å²) in [5.74, 6) is 0.244. The lowest BCUT2D eigenvalue weighted by Gasteiger charge is -2.26. The Balaban J connectivity index is 1.81. The van der Waals surface area contributed by atoms with E-state index in [9.17, 15) is 9.59 Å². The third-order valence-electron chi connectivity index (χ3n) is 3.99. The predicted octanol–water partition coefficient (Wildman–Crippen LogP) is 2.63. The number of carbonyl (C=O) groups excluding carboxylic acids is 2. The van der Waals surface area contributed by atoms with Gasteiger partial charge in [0.25, 0.3) is 0 Å². The van der Waals surface area contributed by atoms with E-state index >= 15 is 0 Å². The van der Waals surface area contributed by atoms with Gasteiger partial charge in [0, 0.05) is 12.6 Å². The van der Waals surface area contributed by atoms with Crippen LogP contribution in [0.15, 0.2) is 54.6 Å². The van der Waals surface area contributed by atoms with Crippen molar-refractivity contribution in [3.8, 4) is 11.5 Å². The highest BCUT2D eigenvalue weighted by molar-refractivity contribution is 6.35. The Kier molecular flexibility index (Phi) is 7.67. The second kappa shape index (κ2) is 10.2. The van der Waals surface area contributed by atoms with Crippen molar-refractivity contribution in [3.63, 3.8) is 0 Å². The maximum Gasteiger partial charge on any atom is 0.312 e. The molecule has 0 aromatic heterocycles. The van der Waals surface area contributed by atoms with Crippen molar-refractivity contribution in [2.75, 3.05) is 20.3 Å². The van der Waals surface area contributed by atoms with E-state index in [-0.39, 0.29) is 19.2 Å². The van der Waals surface area contributed by atoms with Crippen LogP contribution in [0.4, 0.5) is 0 Å². The minimum absolute atomic E-state index is 0.0843. The first-order chi connectivity index (χ1) is 13.0. The molecular formula is C21H26N2O4. The van der Waals surface area contributed by atoms with Crippen LogP contribution in [0, 0.1) is 0 Å². The minimum atomic E-state index is -0.627. The molecule has 0 radical (unpaired) electrons. The molecule has 0 spiro atoms. The van der Waals surface area contributed by atoms with Crippen LogP contribution in [-0.2, 0) is 16.1 Å². The van der Waals surface area contributed by atoms with Crippen molar-refractivity contribution in [2.24, 2.45) is 0 Å². The van der Waals surface area contributed by atoms with E-state index < -0.39 is 11.8 Å². The van der Waals surface area contributed by atoms with Crippen LogP contribution in [0.5, 0.6) is 11.5 Å². The van der Waals surface area contributed by atoms with Gasteiger partial charge in [0.2, 0.25) is 0 Å². The molecule has 144 valence electrons. The second-order valence-electron chi connectivity index (χ2n) is 6.29. The maximum absolute atomic E-state index is 12.5. The third kappa shape index (κ3) is 6.33. The first-order valence-corrected chi connectivity index (χ1v) is 8.91. The van der Waals surface area contributed by atoms with Gasteiger partial charge in [-0.05, 0) is 43.7 Å². The monoisotopic (exact) mass is 370 g/mol. The summed E-state index contributed by atoms with van der Waals surface area (Å²) in [6.07, 6.45) is 0. The standard InChI is InChI=1S/C21H26N2O4/c1-16(2)23(15-17-7-5-4-6-8-17)21(25)20(24)22-13-14-27-19-11-9-18(26-3)10-12-19/h4-12,16H,13-15H2,1-3H3,(H,22,24). The summed E-state index contributed by atoms with van der Waals surface area (Å²) in [5.41, 5.74) is 0.982. The third-order valence-corrected chi connectivity index (χ3v) is 3.99. The van der Waals surface area contributed by atoms with E-state index in [1.54, 1.807) is 36.3 Å². The van der Waals surface area contributed by atoms with Gasteiger partial charge in [0.1, 0.15) is 18.1 Å². The van der Waals surface area contributed by atoms with Crippen LogP contribution in [0.1, 0.15) is 19.4 Å². The van der Waals surface area contributed by atoms with Crippen LogP contribution in [0.25, 0.3) is 0 Å². The predicted molar refractivity (Wildman–Crippen MR) is 104 cm³/mol. The summed E-state index contributed by atoms with van der Waals surface area (Å²) in [4.78, 5) is 26.2. The molecule has 0 aliphatic rings. The summed E-state index contributed by atoms with van der Waals surface area (Å²) in [6, 6.07) is 16.7. The molecule has 6 heteroatoms. The van der Waals surface area contributed by atoms with Crippen molar-refractivity contribution in [2.45, 2.75) is 26.4 Å². The van der Waals surface area contributed by atoms with Gasteiger partial charge in [-0.2, -0.15) is 0 Å². The van der Waals surface area contributed by atoms with Crippen molar-refractivity contribution < 1.29 is 19.1 Å². The quantitative estimate of drug-likeness (QED) is 0.573. The molecule has 0 atom stereocenters. The molecule has 0 fully saturated rings. The summed E-state index contributed by atoms with van der Waals surface area (Å²) in [6.45, 7) is 4.69. The number of hydrogen-bond donors (Lipinski definition) is 1. The summed E-state index contributed by atoms with van der Waals surface area (Å²) in [5, 5.41) is 2.62. The Bertz CT molecular complexity index is 730. The van der Waals surface area contributed by atoms with Gasteiger partial charge in [-0.15, -0.1) is 0 Å². The zero-order valence-corrected chi connectivity index (χ0v) is 16.0. The maximum atomic E-state index is 12.5. The van der Waals surface area contributed by atoms with Crippen molar-refractivity contribution in [1.29, 1.82) is 0 Å². The molecule has 0 aliphatic carbocycles. The van der Waals surface area contributed by atoms with Crippen molar-refractivity contribution >= 4 is 11.8 Å². The molecule has 2 aromatic rings. The molecule has 0 heterocycles. The highest BCUT2D eigenvalue weighted by atomic mass is 16.5. The number of hydrogen-bond acceptors (Lipinski definition) is 4. The molecule has 0 unspecified atom stereocenters. The Morgan fingerprint density at radius 1 is 1.00 bits per heavy atom. The number of nitrogens with zero attached hydrogens (tertiary/aromatic N) is 1. The average Bonchev–Trinajstić information content (AvgIpc) is 2.69. The van der Waals surface area contributed by atoms with Gasteiger partial charge in [0.05, 0.1) is 13.7 Å². The molecule has 2 amide bonds. The smallest absolute Gasteiger partial charge is 0.312 e. The van der Waals surface area contributed by atoms with Crippen LogP contribution in [0.3, 0.4) is 0 Å². The van der Waals surface area contributed by atoms with Gasteiger partial charge in [-0.1, -0.05) is 30.3 Å². The van der Waals surface area contributed by atoms with E-state index in [1.165, 1.54) is 0 Å². The topological polar surface area (TPSA) is 67.9 Å². The first-order valence-electron chi connectivity index (χ1n) is 8.91. The number of ether oxygens (including phenoxy) is 2. The number of carbonyl (C=O) groups is 2. The Morgan fingerprint density at radius 3 is 2.22 bits per heavy atom. The number of benzene rings is 2. The number of rotatable bonds is 8. The molecule has 6 nitrogen and oxygen atoms in total. The highest BCUT2D eigenvalue weighted by Crippen LogP contribution is 2.16. The molecule has 0 aliphatic heterocycles. The molecule has 0 saturated carbocycles. The molecule has 0 saturated heterocycles. The molecule has 0 bridgehead atoms. The molecule has 2 rings (SSSR count). The minimum Gasteiger partial charge on any atom is -0.497 e. The molecule has 1 N–H and O–H groups in total. The van der Waals surface area contributed by atoms with Crippen LogP contribution in [-0.4, -0.2) is 43.0 Å². The normalized spacial score (nSPS) is 10.4. The van der Waals surface area contributed by atoms with E-state index in [0.717, 1.165) is 11.3 Å². The fraction of sp³-hybridized carbons (Fsp3) is 0.333. The summed E-state index contributed by atoms with van der Waals surface area (Å²) < 4.78 is 10.6. The van der Waals surface area contributed by atoms with Gasteiger partial charge in [0.15, 0.2) is 0 Å². The molecule has 2 aromatic carbocycles. The van der Waals surface area contributed by atoms with Gasteiger partial charge < -0.3 is 19.7 Å². The summed E-state index contributed by atoms with van der Waals surface area (Å²) >= 11 is 0. The average molecular weight is 370 g/mol. The van der Waals surface area contributed by atoms with Crippen molar-refractivity contribution in [1.82, 2.24) is 10.2 Å². The lowest BCUT2D eigenvalue weighted by atomic mass is 10.2. The van der Waals surface area contributed by atoms with E-state index in [2.05, 4.69) is 5.32 Å². The van der Waals surface area contributed by atoms with Crippen LogP contribution < -0.4 is 14.8 Å². The van der Waals surface area contributed by atoms with Crippen LogP contribution in [0.2, 0.25) is 0 Å². The highest BCUT2D eigenvalue weighted by Gasteiger charge is 2.23. The van der Waals surface area contributed by atoms with E-state index in [4.69, 9.17) is 9.47 Å². The summed E-state index contributed by atoms with van der Waals surface area (Å²) in [7, 11) is 1.60. The fourth-order valence-electron chi connectivity index (χ4n) is 2.48. The number of nitrogens with one attached hydrogen (secondary N) is 1. The first kappa shape index (κ1) is 20.3. The Morgan fingerprint density at radius 2 is 1.63 bits per heavy atom. The van der Waals surface area contributed by atoms with E-state index in [1.807, 2.05) is 44.2 Å². The molecule has 27 heavy (non-hydrogen) atoms. The largest absolute Gasteiger partial charge is 0.497 e. The van der Waals surface area contributed by atoms with Gasteiger partial charge in [-0.25, -0.2) is 0 Å². The lowest BCUT2D eigenvalue weighted by Crippen LogP contribution is -2.46. The zero-order chi connectivity index (χ0) is 19.6. The lowest BCUT2D eigenvalue weighted by molar-refractivity contribution is -0.147. The van der Waals surface area contributed by atoms with Crippen LogP contribution >= 0.6 is 0 Å². The second-order valence-corrected chi connectivity index (χ2v) is 6.29.